The standard InChI is InChI=1S/C16H25NO2/c1-12-8-9-14(13(2)11-12)19-10-6-7-15(18)17-16(3,4)5/h8-9,11H,6-7,10H2,1-5H3,(H,17,18). The molecular formula is C16H25NO2. The summed E-state index contributed by atoms with van der Waals surface area (Å²) < 4.78 is 5.69. The molecule has 0 radical (unpaired) electrons. The van der Waals surface area contributed by atoms with Gasteiger partial charge in [0.25, 0.3) is 0 Å². The maximum Gasteiger partial charge on any atom is 0.220 e. The number of ether oxygens (including phenoxy) is 1. The summed E-state index contributed by atoms with van der Waals surface area (Å²) in [4.78, 5) is 11.6. The summed E-state index contributed by atoms with van der Waals surface area (Å²) in [6.07, 6.45) is 1.23. The molecule has 0 saturated heterocycles. The normalized spacial score (nSPS) is 11.2. The van der Waals surface area contributed by atoms with Crippen molar-refractivity contribution in [1.82, 2.24) is 5.32 Å². The fourth-order valence-corrected chi connectivity index (χ4v) is 1.86. The lowest BCUT2D eigenvalue weighted by Crippen LogP contribution is -2.40. The molecule has 0 aromatic heterocycles. The molecule has 106 valence electrons. The van der Waals surface area contributed by atoms with Gasteiger partial charge < -0.3 is 10.1 Å². The Balaban J connectivity index is 2.29. The van der Waals surface area contributed by atoms with E-state index in [0.717, 1.165) is 17.7 Å². The van der Waals surface area contributed by atoms with Crippen LogP contribution in [-0.2, 0) is 4.79 Å². The maximum absolute atomic E-state index is 11.6. The van der Waals surface area contributed by atoms with Crippen LogP contribution in [0.1, 0.15) is 44.7 Å². The zero-order valence-electron chi connectivity index (χ0n) is 12.7. The second kappa shape index (κ2) is 6.60. The topological polar surface area (TPSA) is 38.3 Å². The summed E-state index contributed by atoms with van der Waals surface area (Å²) in [5, 5.41) is 2.94. The summed E-state index contributed by atoms with van der Waals surface area (Å²) in [7, 11) is 0. The van der Waals surface area contributed by atoms with E-state index in [1.54, 1.807) is 0 Å². The summed E-state index contributed by atoms with van der Waals surface area (Å²) in [6.45, 7) is 10.6. The van der Waals surface area contributed by atoms with Crippen molar-refractivity contribution in [2.45, 2.75) is 53.0 Å². The van der Waals surface area contributed by atoms with Crippen molar-refractivity contribution >= 4 is 5.91 Å². The van der Waals surface area contributed by atoms with Crippen molar-refractivity contribution in [3.63, 3.8) is 0 Å². The first-order valence-corrected chi connectivity index (χ1v) is 6.79. The Hall–Kier alpha value is -1.51. The lowest BCUT2D eigenvalue weighted by molar-refractivity contribution is -0.122. The van der Waals surface area contributed by atoms with Crippen molar-refractivity contribution in [3.8, 4) is 5.75 Å². The maximum atomic E-state index is 11.6. The van der Waals surface area contributed by atoms with Gasteiger partial charge in [-0.25, -0.2) is 0 Å². The van der Waals surface area contributed by atoms with E-state index in [9.17, 15) is 4.79 Å². The van der Waals surface area contributed by atoms with E-state index in [2.05, 4.69) is 18.3 Å². The molecule has 1 aromatic rings. The quantitative estimate of drug-likeness (QED) is 0.827. The Morgan fingerprint density at radius 2 is 1.95 bits per heavy atom. The summed E-state index contributed by atoms with van der Waals surface area (Å²) >= 11 is 0. The Labute approximate surface area is 116 Å². The number of nitrogens with one attached hydrogen (secondary N) is 1. The van der Waals surface area contributed by atoms with Crippen LogP contribution in [-0.4, -0.2) is 18.1 Å². The average Bonchev–Trinajstić information content (AvgIpc) is 2.24. The van der Waals surface area contributed by atoms with Crippen LogP contribution in [0.15, 0.2) is 18.2 Å². The van der Waals surface area contributed by atoms with E-state index in [4.69, 9.17) is 4.74 Å². The van der Waals surface area contributed by atoms with Gasteiger partial charge in [0.1, 0.15) is 5.75 Å². The molecule has 1 rings (SSSR count). The third-order valence-corrected chi connectivity index (χ3v) is 2.65. The van der Waals surface area contributed by atoms with Gasteiger partial charge in [0.2, 0.25) is 5.91 Å². The van der Waals surface area contributed by atoms with E-state index < -0.39 is 0 Å². The van der Waals surface area contributed by atoms with Gasteiger partial charge in [-0.3, -0.25) is 4.79 Å². The average molecular weight is 263 g/mol. The van der Waals surface area contributed by atoms with Crippen molar-refractivity contribution in [2.24, 2.45) is 0 Å². The van der Waals surface area contributed by atoms with Crippen molar-refractivity contribution in [3.05, 3.63) is 29.3 Å². The van der Waals surface area contributed by atoms with E-state index in [0.29, 0.717) is 13.0 Å². The third kappa shape index (κ3) is 6.27. The molecule has 0 saturated carbocycles. The lowest BCUT2D eigenvalue weighted by Gasteiger charge is -2.20. The van der Waals surface area contributed by atoms with Crippen LogP contribution in [0.3, 0.4) is 0 Å². The molecule has 1 amide bonds. The van der Waals surface area contributed by atoms with Crippen LogP contribution < -0.4 is 10.1 Å². The highest BCUT2D eigenvalue weighted by Crippen LogP contribution is 2.18. The molecule has 0 aliphatic heterocycles. The van der Waals surface area contributed by atoms with Gasteiger partial charge in [-0.05, 0) is 52.7 Å². The van der Waals surface area contributed by atoms with Crippen LogP contribution in [0, 0.1) is 13.8 Å². The Kier molecular flexibility index (Phi) is 5.40. The fourth-order valence-electron chi connectivity index (χ4n) is 1.86. The fraction of sp³-hybridized carbons (Fsp3) is 0.562. The van der Waals surface area contributed by atoms with E-state index in [-0.39, 0.29) is 11.4 Å². The van der Waals surface area contributed by atoms with Gasteiger partial charge in [0, 0.05) is 12.0 Å². The monoisotopic (exact) mass is 263 g/mol. The molecule has 0 heterocycles. The molecule has 1 N–H and O–H groups in total. The molecule has 3 nitrogen and oxygen atoms in total. The molecule has 0 fully saturated rings. The van der Waals surface area contributed by atoms with Gasteiger partial charge >= 0.3 is 0 Å². The van der Waals surface area contributed by atoms with Crippen LogP contribution in [0.5, 0.6) is 5.75 Å². The van der Waals surface area contributed by atoms with Gasteiger partial charge in [-0.1, -0.05) is 17.7 Å². The molecule has 0 unspecified atom stereocenters. The predicted molar refractivity (Wildman–Crippen MR) is 78.5 cm³/mol. The molecule has 0 spiro atoms. The molecule has 0 aliphatic rings. The minimum absolute atomic E-state index is 0.0803. The highest BCUT2D eigenvalue weighted by Gasteiger charge is 2.13. The van der Waals surface area contributed by atoms with Gasteiger partial charge in [0.05, 0.1) is 6.61 Å². The number of hydrogen-bond acceptors (Lipinski definition) is 2. The smallest absolute Gasteiger partial charge is 0.220 e. The zero-order valence-corrected chi connectivity index (χ0v) is 12.7. The van der Waals surface area contributed by atoms with Crippen LogP contribution in [0.4, 0.5) is 0 Å². The first-order valence-electron chi connectivity index (χ1n) is 6.79. The van der Waals surface area contributed by atoms with E-state index in [1.165, 1.54) is 5.56 Å². The largest absolute Gasteiger partial charge is 0.493 e. The van der Waals surface area contributed by atoms with E-state index in [1.807, 2.05) is 39.8 Å². The Morgan fingerprint density at radius 3 is 2.53 bits per heavy atom. The highest BCUT2D eigenvalue weighted by atomic mass is 16.5. The van der Waals surface area contributed by atoms with Crippen molar-refractivity contribution in [2.75, 3.05) is 6.61 Å². The van der Waals surface area contributed by atoms with Gasteiger partial charge in [-0.15, -0.1) is 0 Å². The first-order chi connectivity index (χ1) is 8.78. The van der Waals surface area contributed by atoms with E-state index >= 15 is 0 Å². The summed E-state index contributed by atoms with van der Waals surface area (Å²) in [5.41, 5.74) is 2.21. The second-order valence-corrected chi connectivity index (χ2v) is 6.02. The minimum Gasteiger partial charge on any atom is -0.493 e. The minimum atomic E-state index is -0.161. The zero-order chi connectivity index (χ0) is 14.5. The second-order valence-electron chi connectivity index (χ2n) is 6.02. The van der Waals surface area contributed by atoms with Crippen LogP contribution in [0.2, 0.25) is 0 Å². The summed E-state index contributed by atoms with van der Waals surface area (Å²) in [6, 6.07) is 6.12. The number of hydrogen-bond donors (Lipinski definition) is 1. The van der Waals surface area contributed by atoms with Crippen molar-refractivity contribution < 1.29 is 9.53 Å². The molecule has 1 aromatic carbocycles. The Morgan fingerprint density at radius 1 is 1.26 bits per heavy atom. The lowest BCUT2D eigenvalue weighted by atomic mass is 10.1. The highest BCUT2D eigenvalue weighted by molar-refractivity contribution is 5.76. The van der Waals surface area contributed by atoms with Gasteiger partial charge in [-0.2, -0.15) is 0 Å². The van der Waals surface area contributed by atoms with Crippen LogP contribution in [0.25, 0.3) is 0 Å². The first kappa shape index (κ1) is 15.5. The number of carbonyl (C=O) groups excluding carboxylic acids is 1. The molecule has 0 aliphatic carbocycles. The molecule has 3 heteroatoms. The number of aryl methyl sites for hydroxylation is 2. The number of amides is 1. The van der Waals surface area contributed by atoms with Crippen LogP contribution >= 0.6 is 0 Å². The SMILES string of the molecule is Cc1ccc(OCCCC(=O)NC(C)(C)C)c(C)c1. The molecule has 0 bridgehead atoms. The molecule has 19 heavy (non-hydrogen) atoms. The summed E-state index contributed by atoms with van der Waals surface area (Å²) in [5.74, 6) is 0.985. The van der Waals surface area contributed by atoms with Crippen molar-refractivity contribution in [1.29, 1.82) is 0 Å². The molecule has 0 atom stereocenters. The predicted octanol–water partition coefficient (Wildman–Crippen LogP) is 3.38. The molecular weight excluding hydrogens is 238 g/mol. The Bertz CT molecular complexity index is 433. The number of rotatable bonds is 5. The third-order valence-electron chi connectivity index (χ3n) is 2.65. The van der Waals surface area contributed by atoms with Gasteiger partial charge in [0.15, 0.2) is 0 Å². The number of carbonyl (C=O) groups is 1. The number of benzene rings is 1.